The number of benzene rings is 2. The van der Waals surface area contributed by atoms with Gasteiger partial charge in [-0.25, -0.2) is 17.9 Å². The molecule has 1 aliphatic rings. The molecule has 1 aliphatic heterocycles. The van der Waals surface area contributed by atoms with Crippen molar-refractivity contribution >= 4 is 21.8 Å². The Kier molecular flexibility index (Phi) is 6.07. The van der Waals surface area contributed by atoms with Crippen molar-refractivity contribution < 1.29 is 27.5 Å². The molecule has 3 aromatic rings. The van der Waals surface area contributed by atoms with Crippen LogP contribution < -0.4 is 0 Å². The molecule has 0 aliphatic carbocycles. The Labute approximate surface area is 198 Å². The summed E-state index contributed by atoms with van der Waals surface area (Å²) in [6.45, 7) is 7.22. The minimum Gasteiger partial charge on any atom is -0.461 e. The van der Waals surface area contributed by atoms with Gasteiger partial charge in [0.05, 0.1) is 35.1 Å². The van der Waals surface area contributed by atoms with Gasteiger partial charge in [-0.15, -0.1) is 0 Å². The van der Waals surface area contributed by atoms with Crippen LogP contribution in [0.25, 0.3) is 16.9 Å². The maximum absolute atomic E-state index is 13.0. The van der Waals surface area contributed by atoms with Crippen LogP contribution in [0.4, 0.5) is 0 Å². The predicted molar refractivity (Wildman–Crippen MR) is 125 cm³/mol. The molecular formula is C25H26N2O6S. The fourth-order valence-corrected chi connectivity index (χ4v) is 5.55. The predicted octanol–water partition coefficient (Wildman–Crippen LogP) is 3.89. The van der Waals surface area contributed by atoms with Gasteiger partial charge in [0.2, 0.25) is 0 Å². The van der Waals surface area contributed by atoms with Crippen molar-refractivity contribution in [2.24, 2.45) is 0 Å². The van der Waals surface area contributed by atoms with E-state index in [9.17, 15) is 18.0 Å². The molecule has 2 aromatic carbocycles. The minimum absolute atomic E-state index is 0.0347. The zero-order chi connectivity index (χ0) is 24.7. The number of carbonyl (C=O) groups excluding carboxylic acids is 2. The highest BCUT2D eigenvalue weighted by Crippen LogP contribution is 2.40. The Morgan fingerprint density at radius 1 is 1.09 bits per heavy atom. The highest BCUT2D eigenvalue weighted by Gasteiger charge is 2.36. The first-order valence-corrected chi connectivity index (χ1v) is 12.6. The first kappa shape index (κ1) is 23.7. The number of rotatable bonds is 5. The smallest absolute Gasteiger partial charge is 0.359 e. The summed E-state index contributed by atoms with van der Waals surface area (Å²) in [6.07, 6.45) is 0.0598. The maximum Gasteiger partial charge on any atom is 0.359 e. The molecular weight excluding hydrogens is 456 g/mol. The van der Waals surface area contributed by atoms with Crippen molar-refractivity contribution in [3.8, 4) is 16.9 Å². The van der Waals surface area contributed by atoms with Gasteiger partial charge >= 0.3 is 11.9 Å². The highest BCUT2D eigenvalue weighted by atomic mass is 32.2. The topological polar surface area (TPSA) is 105 Å². The Balaban J connectivity index is 1.85. The summed E-state index contributed by atoms with van der Waals surface area (Å²) in [4.78, 5) is 25.2. The lowest BCUT2D eigenvalue weighted by Gasteiger charge is -2.20. The summed E-state index contributed by atoms with van der Waals surface area (Å²) < 4.78 is 38.0. The molecule has 0 amide bonds. The average Bonchev–Trinajstić information content (AvgIpc) is 3.11. The lowest BCUT2D eigenvalue weighted by atomic mass is 10.1. The maximum atomic E-state index is 13.0. The molecule has 2 heterocycles. The summed E-state index contributed by atoms with van der Waals surface area (Å²) in [5.74, 6) is -1.40. The largest absolute Gasteiger partial charge is 0.461 e. The SMILES string of the molecule is CCOC(=O)c1nn(-c2cccc(CC(=O)OC(C)(C)C)c2)c2c1CS(=O)(=O)c1ccccc1-2. The zero-order valence-corrected chi connectivity index (χ0v) is 20.3. The summed E-state index contributed by atoms with van der Waals surface area (Å²) in [6, 6.07) is 13.8. The lowest BCUT2D eigenvalue weighted by Crippen LogP contribution is -2.24. The molecule has 4 rings (SSSR count). The monoisotopic (exact) mass is 482 g/mol. The lowest BCUT2D eigenvalue weighted by molar-refractivity contribution is -0.153. The first-order chi connectivity index (χ1) is 16.0. The number of nitrogens with zero attached hydrogens (tertiary/aromatic N) is 2. The standard InChI is InChI=1S/C25H26N2O6S/c1-5-32-24(29)22-19-15-34(30,31)20-12-7-6-11-18(20)23(19)27(26-22)17-10-8-9-16(13-17)14-21(28)33-25(2,3)4/h6-13H,5,14-15H2,1-4H3. The number of hydrogen-bond donors (Lipinski definition) is 0. The Hall–Kier alpha value is -3.46. The van der Waals surface area contributed by atoms with Gasteiger partial charge in [-0.1, -0.05) is 30.3 Å². The number of aromatic nitrogens is 2. The zero-order valence-electron chi connectivity index (χ0n) is 19.5. The molecule has 34 heavy (non-hydrogen) atoms. The van der Waals surface area contributed by atoms with E-state index in [2.05, 4.69) is 5.10 Å². The van der Waals surface area contributed by atoms with Crippen LogP contribution in [-0.4, -0.2) is 42.3 Å². The van der Waals surface area contributed by atoms with E-state index >= 15 is 0 Å². The number of esters is 2. The van der Waals surface area contributed by atoms with Gasteiger partial charge in [0.15, 0.2) is 15.5 Å². The van der Waals surface area contributed by atoms with Gasteiger partial charge in [-0.3, -0.25) is 4.79 Å². The van der Waals surface area contributed by atoms with Gasteiger partial charge in [-0.05, 0) is 51.5 Å². The van der Waals surface area contributed by atoms with Gasteiger partial charge in [0.1, 0.15) is 5.60 Å². The molecule has 0 unspecified atom stereocenters. The van der Waals surface area contributed by atoms with Gasteiger partial charge < -0.3 is 9.47 Å². The van der Waals surface area contributed by atoms with Crippen molar-refractivity contribution in [2.75, 3.05) is 6.61 Å². The molecule has 0 radical (unpaired) electrons. The summed E-state index contributed by atoms with van der Waals surface area (Å²) in [7, 11) is -3.66. The van der Waals surface area contributed by atoms with Crippen molar-refractivity contribution in [2.45, 2.75) is 50.4 Å². The third-order valence-electron chi connectivity index (χ3n) is 5.19. The van der Waals surface area contributed by atoms with E-state index in [1.54, 1.807) is 80.9 Å². The molecule has 0 spiro atoms. The molecule has 0 fully saturated rings. The molecule has 1 aromatic heterocycles. The highest BCUT2D eigenvalue weighted by molar-refractivity contribution is 7.90. The van der Waals surface area contributed by atoms with Crippen LogP contribution in [0.15, 0.2) is 53.4 Å². The molecule has 9 heteroatoms. The van der Waals surface area contributed by atoms with Crippen LogP contribution in [0.5, 0.6) is 0 Å². The quantitative estimate of drug-likeness (QED) is 0.508. The molecule has 0 N–H and O–H groups in total. The van der Waals surface area contributed by atoms with Crippen molar-refractivity contribution in [1.82, 2.24) is 9.78 Å². The van der Waals surface area contributed by atoms with Crippen LogP contribution in [0, 0.1) is 0 Å². The fourth-order valence-electron chi connectivity index (χ4n) is 3.96. The van der Waals surface area contributed by atoms with Crippen LogP contribution in [-0.2, 0) is 36.3 Å². The van der Waals surface area contributed by atoms with Crippen LogP contribution in [0.1, 0.15) is 49.3 Å². The second-order valence-electron chi connectivity index (χ2n) is 9.00. The summed E-state index contributed by atoms with van der Waals surface area (Å²) in [5.41, 5.74) is 1.93. The molecule has 0 bridgehead atoms. The van der Waals surface area contributed by atoms with Crippen LogP contribution >= 0.6 is 0 Å². The van der Waals surface area contributed by atoms with E-state index in [0.29, 0.717) is 28.1 Å². The minimum atomic E-state index is -3.66. The summed E-state index contributed by atoms with van der Waals surface area (Å²) in [5, 5.41) is 4.49. The second kappa shape index (κ2) is 8.72. The molecule has 178 valence electrons. The van der Waals surface area contributed by atoms with E-state index < -0.39 is 21.4 Å². The van der Waals surface area contributed by atoms with E-state index in [1.165, 1.54) is 0 Å². The summed E-state index contributed by atoms with van der Waals surface area (Å²) >= 11 is 0. The molecule has 8 nitrogen and oxygen atoms in total. The number of fused-ring (bicyclic) bond motifs is 3. The third kappa shape index (κ3) is 4.61. The van der Waals surface area contributed by atoms with Crippen molar-refractivity contribution in [3.05, 3.63) is 65.4 Å². The fraction of sp³-hybridized carbons (Fsp3) is 0.320. The van der Waals surface area contributed by atoms with Crippen molar-refractivity contribution in [1.29, 1.82) is 0 Å². The Morgan fingerprint density at radius 2 is 1.82 bits per heavy atom. The Bertz CT molecular complexity index is 1380. The molecule has 0 saturated heterocycles. The molecule has 0 atom stereocenters. The number of ether oxygens (including phenoxy) is 2. The normalized spacial score (nSPS) is 14.1. The van der Waals surface area contributed by atoms with E-state index in [4.69, 9.17) is 9.47 Å². The van der Waals surface area contributed by atoms with Crippen LogP contribution in [0.3, 0.4) is 0 Å². The number of hydrogen-bond acceptors (Lipinski definition) is 7. The first-order valence-electron chi connectivity index (χ1n) is 10.9. The Morgan fingerprint density at radius 3 is 2.53 bits per heavy atom. The number of carbonyl (C=O) groups is 2. The van der Waals surface area contributed by atoms with E-state index in [-0.39, 0.29) is 35.3 Å². The average molecular weight is 483 g/mol. The third-order valence-corrected chi connectivity index (χ3v) is 6.88. The molecule has 0 saturated carbocycles. The van der Waals surface area contributed by atoms with Gasteiger partial charge in [-0.2, -0.15) is 5.10 Å². The van der Waals surface area contributed by atoms with Gasteiger partial charge in [0.25, 0.3) is 0 Å². The van der Waals surface area contributed by atoms with Crippen molar-refractivity contribution in [3.63, 3.8) is 0 Å². The van der Waals surface area contributed by atoms with E-state index in [0.717, 1.165) is 0 Å². The van der Waals surface area contributed by atoms with Crippen LogP contribution in [0.2, 0.25) is 0 Å². The number of sulfone groups is 1. The second-order valence-corrected chi connectivity index (χ2v) is 11.0. The van der Waals surface area contributed by atoms with Gasteiger partial charge in [0, 0.05) is 11.1 Å². The van der Waals surface area contributed by atoms with E-state index in [1.807, 2.05) is 0 Å².